The summed E-state index contributed by atoms with van der Waals surface area (Å²) >= 11 is 1.67. The molecule has 1 rings (SSSR count). The van der Waals surface area contributed by atoms with Crippen molar-refractivity contribution in [2.75, 3.05) is 12.3 Å². The van der Waals surface area contributed by atoms with Gasteiger partial charge in [0.25, 0.3) is 0 Å². The fraction of sp³-hybridized carbons (Fsp3) is 0.385. The highest BCUT2D eigenvalue weighted by atomic mass is 32.2. The Morgan fingerprint density at radius 2 is 1.95 bits per heavy atom. The maximum absolute atomic E-state index is 11.4. The fourth-order valence-electron chi connectivity index (χ4n) is 1.33. The molecule has 1 aromatic rings. The summed E-state index contributed by atoms with van der Waals surface area (Å²) in [6.45, 7) is -0.250. The number of thioether (sulfide) groups is 1. The lowest BCUT2D eigenvalue weighted by molar-refractivity contribution is -0.146. The number of rotatable bonds is 8. The molecule has 0 aliphatic carbocycles. The number of hydrogen-bond acceptors (Lipinski definition) is 4. The Labute approximate surface area is 116 Å². The van der Waals surface area contributed by atoms with Gasteiger partial charge in [0.2, 0.25) is 5.91 Å². The van der Waals surface area contributed by atoms with Gasteiger partial charge in [-0.15, -0.1) is 11.8 Å². The lowest BCUT2D eigenvalue weighted by Crippen LogP contribution is -2.36. The normalized spacial score (nSPS) is 11.8. The first kappa shape index (κ1) is 15.5. The van der Waals surface area contributed by atoms with E-state index in [1.165, 1.54) is 0 Å². The number of benzene rings is 1. The third-order valence-electron chi connectivity index (χ3n) is 2.34. The van der Waals surface area contributed by atoms with Crippen molar-refractivity contribution in [3.63, 3.8) is 0 Å². The van der Waals surface area contributed by atoms with Gasteiger partial charge in [0.15, 0.2) is 6.10 Å². The van der Waals surface area contributed by atoms with Crippen LogP contribution in [0, 0.1) is 0 Å². The van der Waals surface area contributed by atoms with E-state index in [2.05, 4.69) is 5.32 Å². The first-order chi connectivity index (χ1) is 9.09. The molecule has 0 spiro atoms. The number of carboxylic acid groups (broad SMARTS) is 1. The zero-order valence-electron chi connectivity index (χ0n) is 10.4. The summed E-state index contributed by atoms with van der Waals surface area (Å²) in [6, 6.07) is 9.89. The number of amides is 1. The summed E-state index contributed by atoms with van der Waals surface area (Å²) in [6.07, 6.45) is -0.511. The molecule has 6 heteroatoms. The molecule has 3 N–H and O–H groups in total. The Kier molecular flexibility index (Phi) is 6.99. The molecule has 0 heterocycles. The molecule has 0 saturated carbocycles. The number of nitrogens with one attached hydrogen (secondary N) is 1. The quantitative estimate of drug-likeness (QED) is 0.491. The van der Waals surface area contributed by atoms with Crippen molar-refractivity contribution in [2.45, 2.75) is 23.8 Å². The summed E-state index contributed by atoms with van der Waals surface area (Å²) in [5.74, 6) is -0.757. The van der Waals surface area contributed by atoms with Crippen LogP contribution in [0.2, 0.25) is 0 Å². The number of aliphatic carboxylic acids is 1. The minimum absolute atomic E-state index is 0.242. The van der Waals surface area contributed by atoms with Crippen LogP contribution in [0.15, 0.2) is 35.2 Å². The molecular formula is C13H17NO4S. The van der Waals surface area contributed by atoms with Crippen molar-refractivity contribution in [2.24, 2.45) is 0 Å². The Hall–Kier alpha value is -1.53. The van der Waals surface area contributed by atoms with Gasteiger partial charge in [-0.2, -0.15) is 0 Å². The van der Waals surface area contributed by atoms with Crippen LogP contribution in [-0.2, 0) is 9.59 Å². The van der Waals surface area contributed by atoms with Gasteiger partial charge in [-0.25, -0.2) is 4.79 Å². The Morgan fingerprint density at radius 1 is 1.26 bits per heavy atom. The summed E-state index contributed by atoms with van der Waals surface area (Å²) in [4.78, 5) is 22.8. The minimum atomic E-state index is -1.54. The molecule has 0 aliphatic heterocycles. The SMILES string of the molecule is O=C(CCCSc1ccccc1)NC[C@H](O)C(=O)O. The van der Waals surface area contributed by atoms with E-state index in [0.717, 1.165) is 10.6 Å². The van der Waals surface area contributed by atoms with Gasteiger partial charge in [0, 0.05) is 11.3 Å². The summed E-state index contributed by atoms with van der Waals surface area (Å²) < 4.78 is 0. The highest BCUT2D eigenvalue weighted by Crippen LogP contribution is 2.18. The highest BCUT2D eigenvalue weighted by Gasteiger charge is 2.13. The molecule has 0 bridgehead atoms. The molecular weight excluding hydrogens is 266 g/mol. The molecule has 0 fully saturated rings. The summed E-state index contributed by atoms with van der Waals surface area (Å²) in [7, 11) is 0. The molecule has 0 unspecified atom stereocenters. The van der Waals surface area contributed by atoms with E-state index in [9.17, 15) is 9.59 Å². The number of aliphatic hydroxyl groups is 1. The van der Waals surface area contributed by atoms with Crippen LogP contribution in [0.3, 0.4) is 0 Å². The second-order valence-electron chi connectivity index (χ2n) is 3.92. The second-order valence-corrected chi connectivity index (χ2v) is 5.09. The number of carboxylic acids is 1. The average molecular weight is 283 g/mol. The standard InChI is InChI=1S/C13H17NO4S/c15-11(13(17)18)9-14-12(16)7-4-8-19-10-5-2-1-3-6-10/h1-3,5-6,11,15H,4,7-9H2,(H,14,16)(H,17,18)/t11-/m0/s1. The van der Waals surface area contributed by atoms with Crippen LogP contribution in [0.4, 0.5) is 0 Å². The van der Waals surface area contributed by atoms with E-state index in [1.54, 1.807) is 11.8 Å². The van der Waals surface area contributed by atoms with Gasteiger partial charge in [-0.1, -0.05) is 18.2 Å². The monoisotopic (exact) mass is 283 g/mol. The zero-order valence-corrected chi connectivity index (χ0v) is 11.2. The van der Waals surface area contributed by atoms with Crippen molar-refractivity contribution in [3.8, 4) is 0 Å². The molecule has 0 aromatic heterocycles. The summed E-state index contributed by atoms with van der Waals surface area (Å²) in [5.41, 5.74) is 0. The Balaban J connectivity index is 2.09. The molecule has 0 saturated heterocycles. The van der Waals surface area contributed by atoms with E-state index in [4.69, 9.17) is 10.2 Å². The molecule has 104 valence electrons. The van der Waals surface area contributed by atoms with Crippen LogP contribution in [0.1, 0.15) is 12.8 Å². The van der Waals surface area contributed by atoms with Gasteiger partial charge in [0.1, 0.15) is 0 Å². The van der Waals surface area contributed by atoms with Crippen LogP contribution < -0.4 is 5.32 Å². The Bertz CT molecular complexity index is 410. The molecule has 5 nitrogen and oxygen atoms in total. The van der Waals surface area contributed by atoms with Gasteiger partial charge in [-0.3, -0.25) is 4.79 Å². The topological polar surface area (TPSA) is 86.6 Å². The third-order valence-corrected chi connectivity index (χ3v) is 3.44. The smallest absolute Gasteiger partial charge is 0.334 e. The molecule has 1 atom stereocenters. The van der Waals surface area contributed by atoms with Gasteiger partial charge in [-0.05, 0) is 24.3 Å². The van der Waals surface area contributed by atoms with Crippen LogP contribution in [0.5, 0.6) is 0 Å². The van der Waals surface area contributed by atoms with E-state index < -0.39 is 12.1 Å². The van der Waals surface area contributed by atoms with Crippen LogP contribution >= 0.6 is 11.8 Å². The molecule has 19 heavy (non-hydrogen) atoms. The third kappa shape index (κ3) is 6.83. The highest BCUT2D eigenvalue weighted by molar-refractivity contribution is 7.99. The first-order valence-corrected chi connectivity index (χ1v) is 6.93. The maximum atomic E-state index is 11.4. The van der Waals surface area contributed by atoms with E-state index >= 15 is 0 Å². The zero-order chi connectivity index (χ0) is 14.1. The first-order valence-electron chi connectivity index (χ1n) is 5.95. The average Bonchev–Trinajstić information content (AvgIpc) is 2.42. The minimum Gasteiger partial charge on any atom is -0.479 e. The largest absolute Gasteiger partial charge is 0.479 e. The lowest BCUT2D eigenvalue weighted by Gasteiger charge is -2.07. The molecule has 0 radical (unpaired) electrons. The van der Waals surface area contributed by atoms with E-state index in [0.29, 0.717) is 12.8 Å². The summed E-state index contributed by atoms with van der Waals surface area (Å²) in [5, 5.41) is 19.8. The van der Waals surface area contributed by atoms with E-state index in [-0.39, 0.29) is 12.5 Å². The van der Waals surface area contributed by atoms with Gasteiger partial charge >= 0.3 is 5.97 Å². The fourth-order valence-corrected chi connectivity index (χ4v) is 2.20. The van der Waals surface area contributed by atoms with E-state index in [1.807, 2.05) is 30.3 Å². The van der Waals surface area contributed by atoms with Crippen molar-refractivity contribution < 1.29 is 19.8 Å². The van der Waals surface area contributed by atoms with Crippen LogP contribution in [-0.4, -0.2) is 40.5 Å². The molecule has 1 amide bonds. The van der Waals surface area contributed by atoms with Crippen LogP contribution in [0.25, 0.3) is 0 Å². The number of carbonyl (C=O) groups is 2. The number of carbonyl (C=O) groups excluding carboxylic acids is 1. The van der Waals surface area contributed by atoms with Crippen molar-refractivity contribution >= 4 is 23.6 Å². The van der Waals surface area contributed by atoms with Gasteiger partial charge < -0.3 is 15.5 Å². The lowest BCUT2D eigenvalue weighted by atomic mass is 10.3. The predicted molar refractivity (Wildman–Crippen MR) is 73.1 cm³/mol. The number of aliphatic hydroxyl groups excluding tert-OH is 1. The molecule has 1 aromatic carbocycles. The van der Waals surface area contributed by atoms with Crippen molar-refractivity contribution in [3.05, 3.63) is 30.3 Å². The second kappa shape index (κ2) is 8.55. The van der Waals surface area contributed by atoms with Crippen molar-refractivity contribution in [1.82, 2.24) is 5.32 Å². The molecule has 0 aliphatic rings. The predicted octanol–water partition coefficient (Wildman–Crippen LogP) is 1.12. The Morgan fingerprint density at radius 3 is 2.58 bits per heavy atom. The number of hydrogen-bond donors (Lipinski definition) is 3. The van der Waals surface area contributed by atoms with Crippen molar-refractivity contribution in [1.29, 1.82) is 0 Å². The maximum Gasteiger partial charge on any atom is 0.334 e. The van der Waals surface area contributed by atoms with Gasteiger partial charge in [0.05, 0.1) is 6.54 Å².